The predicted octanol–water partition coefficient (Wildman–Crippen LogP) is 5.42. The minimum Gasteiger partial charge on any atom is -0.504 e. The van der Waals surface area contributed by atoms with E-state index in [9.17, 15) is 9.90 Å². The van der Waals surface area contributed by atoms with E-state index in [2.05, 4.69) is 0 Å². The number of rotatable bonds is 4. The van der Waals surface area contributed by atoms with Gasteiger partial charge in [0.05, 0.1) is 20.8 Å². The Kier molecular flexibility index (Phi) is 6.12. The molecule has 1 N–H and O–H groups in total. The number of thioether (sulfide) groups is 1. The van der Waals surface area contributed by atoms with Crippen molar-refractivity contribution in [1.29, 1.82) is 0 Å². The molecule has 1 heterocycles. The van der Waals surface area contributed by atoms with Crippen LogP contribution in [0, 0.1) is 17.4 Å². The molecular weight excluding hydrogens is 493 g/mol. The summed E-state index contributed by atoms with van der Waals surface area (Å²) in [5, 5.41) is 10.1. The van der Waals surface area contributed by atoms with E-state index < -0.39 is 0 Å². The van der Waals surface area contributed by atoms with Crippen LogP contribution < -0.4 is 9.64 Å². The number of hydrogen-bond acceptors (Lipinski definition) is 5. The van der Waals surface area contributed by atoms with Gasteiger partial charge in [-0.05, 0) is 90.4 Å². The minimum atomic E-state index is -0.144. The van der Waals surface area contributed by atoms with Crippen molar-refractivity contribution in [3.8, 4) is 11.5 Å². The summed E-state index contributed by atoms with van der Waals surface area (Å²) >= 11 is 8.76. The smallest absolute Gasteiger partial charge is 0.270 e. The van der Waals surface area contributed by atoms with Crippen LogP contribution in [0.3, 0.4) is 0 Å². The summed E-state index contributed by atoms with van der Waals surface area (Å²) in [7, 11) is 0. The van der Waals surface area contributed by atoms with Crippen molar-refractivity contribution < 1.29 is 14.6 Å². The number of carbonyl (C=O) groups is 1. The molecule has 2 aromatic rings. The quantitative estimate of drug-likeness (QED) is 0.338. The van der Waals surface area contributed by atoms with E-state index in [1.165, 1.54) is 17.3 Å². The maximum atomic E-state index is 12.9. The Balaban J connectivity index is 1.96. The summed E-state index contributed by atoms with van der Waals surface area (Å²) < 4.78 is 6.64. The van der Waals surface area contributed by atoms with Crippen LogP contribution >= 0.6 is 46.6 Å². The van der Waals surface area contributed by atoms with Gasteiger partial charge in [0.1, 0.15) is 0 Å². The Morgan fingerprint density at radius 3 is 2.67 bits per heavy atom. The van der Waals surface area contributed by atoms with Gasteiger partial charge in [0.15, 0.2) is 15.8 Å². The van der Waals surface area contributed by atoms with Crippen molar-refractivity contribution in [3.05, 3.63) is 55.5 Å². The van der Waals surface area contributed by atoms with E-state index in [0.29, 0.717) is 25.2 Å². The van der Waals surface area contributed by atoms with Crippen molar-refractivity contribution in [2.75, 3.05) is 11.5 Å². The molecule has 2 aromatic carbocycles. The molecule has 27 heavy (non-hydrogen) atoms. The van der Waals surface area contributed by atoms with E-state index in [4.69, 9.17) is 17.0 Å². The van der Waals surface area contributed by atoms with Crippen LogP contribution in [-0.2, 0) is 4.79 Å². The summed E-state index contributed by atoms with van der Waals surface area (Å²) in [6.07, 6.45) is 1.78. The van der Waals surface area contributed by atoms with Gasteiger partial charge in [-0.2, -0.15) is 0 Å². The van der Waals surface area contributed by atoms with Gasteiger partial charge < -0.3 is 9.84 Å². The second kappa shape index (κ2) is 8.20. The molecule has 0 spiro atoms. The lowest BCUT2D eigenvalue weighted by molar-refractivity contribution is -0.113. The molecule has 0 saturated carbocycles. The third kappa shape index (κ3) is 4.14. The van der Waals surface area contributed by atoms with Gasteiger partial charge in [-0.15, -0.1) is 0 Å². The third-order valence-corrected chi connectivity index (χ3v) is 6.32. The molecule has 0 bridgehead atoms. The highest BCUT2D eigenvalue weighted by Crippen LogP contribution is 2.38. The lowest BCUT2D eigenvalue weighted by atomic mass is 10.1. The summed E-state index contributed by atoms with van der Waals surface area (Å²) in [5.74, 6) is 0.367. The highest BCUT2D eigenvalue weighted by molar-refractivity contribution is 14.1. The maximum Gasteiger partial charge on any atom is 0.270 e. The van der Waals surface area contributed by atoms with Crippen molar-refractivity contribution >= 4 is 68.6 Å². The van der Waals surface area contributed by atoms with Crippen molar-refractivity contribution in [1.82, 2.24) is 0 Å². The summed E-state index contributed by atoms with van der Waals surface area (Å²) in [6.45, 7) is 6.35. The highest BCUT2D eigenvalue weighted by Gasteiger charge is 2.33. The zero-order chi connectivity index (χ0) is 19.7. The van der Waals surface area contributed by atoms with E-state index in [0.717, 1.165) is 16.8 Å². The summed E-state index contributed by atoms with van der Waals surface area (Å²) in [5.41, 5.74) is 3.84. The maximum absolute atomic E-state index is 12.9. The van der Waals surface area contributed by atoms with Gasteiger partial charge in [0.25, 0.3) is 5.91 Å². The second-order valence-electron chi connectivity index (χ2n) is 6.07. The van der Waals surface area contributed by atoms with Crippen LogP contribution in [-0.4, -0.2) is 21.9 Å². The number of aryl methyl sites for hydroxylation is 2. The molecule has 3 rings (SSSR count). The van der Waals surface area contributed by atoms with Gasteiger partial charge in [-0.25, -0.2) is 0 Å². The molecular formula is C20H18INO3S2. The van der Waals surface area contributed by atoms with Crippen LogP contribution in [0.1, 0.15) is 23.6 Å². The van der Waals surface area contributed by atoms with Crippen LogP contribution in [0.4, 0.5) is 5.69 Å². The number of phenols is 1. The van der Waals surface area contributed by atoms with Crippen LogP contribution in [0.15, 0.2) is 35.2 Å². The fourth-order valence-electron chi connectivity index (χ4n) is 2.65. The van der Waals surface area contributed by atoms with E-state index in [-0.39, 0.29) is 11.7 Å². The first kappa shape index (κ1) is 20.2. The average Bonchev–Trinajstić information content (AvgIpc) is 2.89. The van der Waals surface area contributed by atoms with E-state index >= 15 is 0 Å². The zero-order valence-electron chi connectivity index (χ0n) is 15.1. The van der Waals surface area contributed by atoms with Gasteiger partial charge >= 0.3 is 0 Å². The van der Waals surface area contributed by atoms with E-state index in [1.54, 1.807) is 23.1 Å². The number of halogens is 1. The molecule has 0 radical (unpaired) electrons. The SMILES string of the molecule is CCOc1cc(/C=C2/SC(=S)N(c3ccc(C)c(C)c3)C2=O)cc(I)c1O. The van der Waals surface area contributed by atoms with Gasteiger partial charge in [0, 0.05) is 0 Å². The number of ether oxygens (including phenoxy) is 1. The molecule has 1 aliphatic heterocycles. The van der Waals surface area contributed by atoms with Crippen molar-refractivity contribution in [2.45, 2.75) is 20.8 Å². The normalized spacial score (nSPS) is 15.7. The summed E-state index contributed by atoms with van der Waals surface area (Å²) in [4.78, 5) is 15.1. The number of aromatic hydroxyl groups is 1. The number of phenolic OH excluding ortho intramolecular Hbond substituents is 1. The first-order valence-corrected chi connectivity index (χ1v) is 10.6. The predicted molar refractivity (Wildman–Crippen MR) is 124 cm³/mol. The van der Waals surface area contributed by atoms with Gasteiger partial charge in [-0.3, -0.25) is 9.69 Å². The lowest BCUT2D eigenvalue weighted by Crippen LogP contribution is -2.27. The van der Waals surface area contributed by atoms with Crippen LogP contribution in [0.2, 0.25) is 0 Å². The van der Waals surface area contributed by atoms with Crippen molar-refractivity contribution in [3.63, 3.8) is 0 Å². The molecule has 140 valence electrons. The number of anilines is 1. The monoisotopic (exact) mass is 511 g/mol. The van der Waals surface area contributed by atoms with Gasteiger partial charge in [-0.1, -0.05) is 30.0 Å². The number of benzene rings is 2. The molecule has 4 nitrogen and oxygen atoms in total. The topological polar surface area (TPSA) is 49.8 Å². The largest absolute Gasteiger partial charge is 0.504 e. The molecule has 0 unspecified atom stereocenters. The Morgan fingerprint density at radius 1 is 1.26 bits per heavy atom. The Labute approximate surface area is 181 Å². The lowest BCUT2D eigenvalue weighted by Gasteiger charge is -2.16. The minimum absolute atomic E-state index is 0.109. The Bertz CT molecular complexity index is 972. The molecule has 0 atom stereocenters. The Morgan fingerprint density at radius 2 is 2.00 bits per heavy atom. The van der Waals surface area contributed by atoms with Crippen LogP contribution in [0.5, 0.6) is 11.5 Å². The Hall–Kier alpha value is -1.58. The number of thiocarbonyl (C=S) groups is 1. The molecule has 0 aliphatic carbocycles. The standard InChI is InChI=1S/C20H18INO3S2/c1-4-25-16-9-13(8-15(21)18(16)23)10-17-19(24)22(20(26)27-17)14-6-5-11(2)12(3)7-14/h5-10,23H,4H2,1-3H3/b17-10+. The van der Waals surface area contributed by atoms with Crippen molar-refractivity contribution in [2.24, 2.45) is 0 Å². The molecule has 0 aromatic heterocycles. The first-order chi connectivity index (χ1) is 12.8. The number of amides is 1. The molecule has 1 fully saturated rings. The number of nitrogens with zero attached hydrogens (tertiary/aromatic N) is 1. The zero-order valence-corrected chi connectivity index (χ0v) is 18.9. The fraction of sp³-hybridized carbons (Fsp3) is 0.200. The fourth-order valence-corrected chi connectivity index (χ4v) is 4.57. The van der Waals surface area contributed by atoms with E-state index in [1.807, 2.05) is 61.6 Å². The average molecular weight is 511 g/mol. The molecule has 1 saturated heterocycles. The molecule has 7 heteroatoms. The van der Waals surface area contributed by atoms with Crippen LogP contribution in [0.25, 0.3) is 6.08 Å². The molecule has 1 aliphatic rings. The number of carbonyl (C=O) groups excluding carboxylic acids is 1. The first-order valence-electron chi connectivity index (χ1n) is 8.32. The third-order valence-electron chi connectivity index (χ3n) is 4.19. The summed E-state index contributed by atoms with van der Waals surface area (Å²) in [6, 6.07) is 9.40. The highest BCUT2D eigenvalue weighted by atomic mass is 127. The second-order valence-corrected chi connectivity index (χ2v) is 8.91. The molecule has 1 amide bonds. The number of hydrogen-bond donors (Lipinski definition) is 1. The van der Waals surface area contributed by atoms with Gasteiger partial charge in [0.2, 0.25) is 0 Å².